The Morgan fingerprint density at radius 1 is 1.57 bits per heavy atom. The first-order valence-electron chi connectivity index (χ1n) is 1.52. The van der Waals surface area contributed by atoms with Crippen molar-refractivity contribution in [3.05, 3.63) is 12.8 Å². The summed E-state index contributed by atoms with van der Waals surface area (Å²) in [6.07, 6.45) is 1.41. The highest BCUT2D eigenvalue weighted by molar-refractivity contribution is 5.69. The number of rotatable bonds is 1. The van der Waals surface area contributed by atoms with E-state index in [-0.39, 0.29) is 18.4 Å². The fraction of sp³-hybridized carbons (Fsp3) is 0. The molecule has 0 radical (unpaired) electrons. The van der Waals surface area contributed by atoms with Gasteiger partial charge in [-0.2, -0.15) is 0 Å². The molecule has 0 unspecified atom stereocenters. The Morgan fingerprint density at radius 3 is 2.00 bits per heavy atom. The van der Waals surface area contributed by atoms with Crippen LogP contribution in [-0.2, 0) is 0 Å². The first-order valence-corrected chi connectivity index (χ1v) is 1.52. The molecule has 0 aliphatic carbocycles. The first kappa shape index (κ1) is 9.57. The maximum Gasteiger partial charge on any atom is 0.343 e. The monoisotopic (exact) mass is 121 g/mol. The van der Waals surface area contributed by atoms with Gasteiger partial charge in [-0.15, -0.1) is 0 Å². The molecule has 0 aromatic heterocycles. The molecule has 0 spiro atoms. The van der Waals surface area contributed by atoms with Crippen LogP contribution in [-0.4, -0.2) is 5.96 Å². The predicted molar refractivity (Wildman–Crippen MR) is 24.5 cm³/mol. The molecular weight excluding hydrogens is 114 g/mol. The van der Waals surface area contributed by atoms with E-state index >= 15 is 0 Å². The summed E-state index contributed by atoms with van der Waals surface area (Å²) in [5, 5.41) is 0. The Morgan fingerprint density at radius 2 is 2.00 bits per heavy atom. The molecule has 0 aliphatic rings. The van der Waals surface area contributed by atoms with Crippen LogP contribution in [0.25, 0.3) is 0 Å². The van der Waals surface area contributed by atoms with Crippen LogP contribution in [0.5, 0.6) is 0 Å². The van der Waals surface area contributed by atoms with Gasteiger partial charge in [-0.25, -0.2) is 0 Å². The van der Waals surface area contributed by atoms with Crippen molar-refractivity contribution in [2.75, 3.05) is 0 Å². The van der Waals surface area contributed by atoms with Crippen molar-refractivity contribution in [3.63, 3.8) is 0 Å². The molecule has 0 rings (SSSR count). The lowest BCUT2D eigenvalue weighted by Gasteiger charge is -1.71. The van der Waals surface area contributed by atoms with E-state index in [1.807, 2.05) is 0 Å². The number of halogens is 1. The van der Waals surface area contributed by atoms with Crippen molar-refractivity contribution in [2.45, 2.75) is 0 Å². The average molecular weight is 122 g/mol. The van der Waals surface area contributed by atoms with Crippen LogP contribution >= 0.6 is 0 Å². The summed E-state index contributed by atoms with van der Waals surface area (Å²) in [6, 6.07) is 0. The van der Waals surface area contributed by atoms with E-state index in [1.54, 1.807) is 0 Å². The van der Waals surface area contributed by atoms with E-state index in [1.165, 1.54) is 6.20 Å². The molecule has 0 aromatic carbocycles. The zero-order chi connectivity index (χ0) is 4.99. The number of nitrogens with two attached hydrogens (primary N) is 2. The van der Waals surface area contributed by atoms with E-state index in [4.69, 9.17) is 11.5 Å². The fourth-order valence-corrected chi connectivity index (χ4v) is 0.118. The molecule has 42 valence electrons. The van der Waals surface area contributed by atoms with Gasteiger partial charge in [0, 0.05) is 0 Å². The lowest BCUT2D eigenvalue weighted by molar-refractivity contribution is -0.374. The Labute approximate surface area is 48.5 Å². The van der Waals surface area contributed by atoms with Crippen LogP contribution in [0.1, 0.15) is 0 Å². The minimum Gasteiger partial charge on any atom is -1.00 e. The molecule has 4 heteroatoms. The Bertz CT molecular complexity index is 74.2. The molecule has 0 amide bonds. The summed E-state index contributed by atoms with van der Waals surface area (Å²) in [6.45, 7) is 3.31. The normalized spacial score (nSPS) is 5.71. The smallest absolute Gasteiger partial charge is 0.343 e. The Hall–Kier alpha value is -0.700. The van der Waals surface area contributed by atoms with E-state index in [0.717, 1.165) is 0 Å². The molecule has 0 saturated heterocycles. The number of guanidine groups is 1. The minimum absolute atomic E-state index is 0. The molecule has 0 aliphatic heterocycles. The van der Waals surface area contributed by atoms with Gasteiger partial charge in [0.05, 0.1) is 6.20 Å². The third-order valence-corrected chi connectivity index (χ3v) is 0.269. The minimum atomic E-state index is 0. The van der Waals surface area contributed by atoms with Gasteiger partial charge in [0.2, 0.25) is 0 Å². The highest BCUT2D eigenvalue weighted by Gasteiger charge is 1.73. The summed E-state index contributed by atoms with van der Waals surface area (Å²) < 4.78 is 0. The lowest BCUT2D eigenvalue weighted by atomic mass is 11.0. The van der Waals surface area contributed by atoms with Crippen molar-refractivity contribution in [1.29, 1.82) is 0 Å². The molecule has 0 heterocycles. The highest BCUT2D eigenvalue weighted by Crippen LogP contribution is 1.14. The Kier molecular flexibility index (Phi) is 7.25. The molecule has 5 N–H and O–H groups in total. The molecule has 0 fully saturated rings. The summed E-state index contributed by atoms with van der Waals surface area (Å²) in [5.41, 5.74) is 9.83. The zero-order valence-electron chi connectivity index (χ0n) is 3.82. The topological polar surface area (TPSA) is 66.0 Å². The van der Waals surface area contributed by atoms with Crippen LogP contribution in [0.2, 0.25) is 0 Å². The van der Waals surface area contributed by atoms with Crippen molar-refractivity contribution in [3.8, 4) is 0 Å². The number of hydrogen-bond acceptors (Lipinski definition) is 0. The van der Waals surface area contributed by atoms with Gasteiger partial charge < -0.3 is 12.4 Å². The van der Waals surface area contributed by atoms with Gasteiger partial charge in [0.25, 0.3) is 0 Å². The average Bonchev–Trinajstić information content (AvgIpc) is 1.35. The van der Waals surface area contributed by atoms with E-state index in [9.17, 15) is 0 Å². The van der Waals surface area contributed by atoms with Gasteiger partial charge in [0.1, 0.15) is 0 Å². The highest BCUT2D eigenvalue weighted by atomic mass is 35.5. The summed E-state index contributed by atoms with van der Waals surface area (Å²) in [7, 11) is 0. The van der Waals surface area contributed by atoms with Gasteiger partial charge >= 0.3 is 5.96 Å². The lowest BCUT2D eigenvalue weighted by Crippen LogP contribution is -3.00. The van der Waals surface area contributed by atoms with Crippen molar-refractivity contribution >= 4 is 5.96 Å². The molecule has 7 heavy (non-hydrogen) atoms. The predicted octanol–water partition coefficient (Wildman–Crippen LogP) is -5.51. The molecular formula is C3H8ClN3. The molecule has 3 nitrogen and oxygen atoms in total. The summed E-state index contributed by atoms with van der Waals surface area (Å²) in [4.78, 5) is 2.44. The van der Waals surface area contributed by atoms with Crippen LogP contribution in [0, 0.1) is 0 Å². The summed E-state index contributed by atoms with van der Waals surface area (Å²) >= 11 is 0. The second kappa shape index (κ2) is 5.30. The largest absolute Gasteiger partial charge is 1.00 e. The van der Waals surface area contributed by atoms with Gasteiger partial charge in [0.15, 0.2) is 0 Å². The molecule has 0 bridgehead atoms. The SMILES string of the molecule is C=C[NH+]=C(N)N.[Cl-]. The second-order valence-electron chi connectivity index (χ2n) is 0.804. The van der Waals surface area contributed by atoms with Crippen LogP contribution in [0.3, 0.4) is 0 Å². The molecule has 0 aromatic rings. The maximum atomic E-state index is 4.92. The van der Waals surface area contributed by atoms with Crippen LogP contribution in [0.15, 0.2) is 12.8 Å². The molecule has 0 saturated carbocycles. The van der Waals surface area contributed by atoms with Gasteiger partial charge in [-0.1, -0.05) is 6.58 Å². The number of hydrogen-bond donors (Lipinski definition) is 3. The van der Waals surface area contributed by atoms with Crippen molar-refractivity contribution in [2.24, 2.45) is 11.5 Å². The summed E-state index contributed by atoms with van der Waals surface area (Å²) in [5.74, 6) is 0.171. The van der Waals surface area contributed by atoms with Crippen molar-refractivity contribution in [1.82, 2.24) is 0 Å². The number of nitrogens with one attached hydrogen (secondary N) is 1. The third-order valence-electron chi connectivity index (χ3n) is 0.269. The standard InChI is InChI=1S/C3H7N3.ClH/c1-2-6-3(4)5;/h2H,1H2,(H4,4,5,6);1H. The Balaban J connectivity index is 0. The van der Waals surface area contributed by atoms with Crippen LogP contribution < -0.4 is 28.9 Å². The third kappa shape index (κ3) is 10.9. The molecule has 0 atom stereocenters. The van der Waals surface area contributed by atoms with Gasteiger partial charge in [-0.3, -0.25) is 16.5 Å². The fourth-order valence-electron chi connectivity index (χ4n) is 0.118. The van der Waals surface area contributed by atoms with E-state index in [2.05, 4.69) is 11.6 Å². The van der Waals surface area contributed by atoms with Crippen molar-refractivity contribution < 1.29 is 17.4 Å². The first-order chi connectivity index (χ1) is 2.77. The van der Waals surface area contributed by atoms with E-state index in [0.29, 0.717) is 0 Å². The second-order valence-corrected chi connectivity index (χ2v) is 0.804. The zero-order valence-corrected chi connectivity index (χ0v) is 4.57. The van der Waals surface area contributed by atoms with Gasteiger partial charge in [-0.05, 0) is 0 Å². The van der Waals surface area contributed by atoms with E-state index < -0.39 is 0 Å². The maximum absolute atomic E-state index is 4.92. The van der Waals surface area contributed by atoms with Crippen LogP contribution in [0.4, 0.5) is 0 Å². The quantitative estimate of drug-likeness (QED) is 0.239.